The van der Waals surface area contributed by atoms with Crippen LogP contribution >= 0.6 is 11.6 Å². The van der Waals surface area contributed by atoms with E-state index in [1.54, 1.807) is 25.1 Å². The van der Waals surface area contributed by atoms with Crippen molar-refractivity contribution in [1.29, 1.82) is 0 Å². The molecule has 0 radical (unpaired) electrons. The fraction of sp³-hybridized carbons (Fsp3) is 0.111. The van der Waals surface area contributed by atoms with Gasteiger partial charge in [0.05, 0.1) is 10.6 Å². The van der Waals surface area contributed by atoms with Crippen LogP contribution in [0.15, 0.2) is 22.7 Å². The summed E-state index contributed by atoms with van der Waals surface area (Å²) in [4.78, 5) is 3.99. The Labute approximate surface area is 85.1 Å². The van der Waals surface area contributed by atoms with Gasteiger partial charge >= 0.3 is 0 Å². The quantitative estimate of drug-likeness (QED) is 0.785. The average molecular weight is 211 g/mol. The smallest absolute Gasteiger partial charge is 0.261 e. The summed E-state index contributed by atoms with van der Waals surface area (Å²) < 4.78 is 4.91. The van der Waals surface area contributed by atoms with E-state index in [1.807, 2.05) is 0 Å². The molecule has 1 heterocycles. The van der Waals surface area contributed by atoms with Gasteiger partial charge in [-0.15, -0.1) is 0 Å². The Morgan fingerprint density at radius 1 is 1.43 bits per heavy atom. The molecule has 0 amide bonds. The van der Waals surface area contributed by atoms with Crippen molar-refractivity contribution < 1.29 is 9.63 Å². The molecule has 0 saturated carbocycles. The maximum atomic E-state index is 9.60. The van der Waals surface area contributed by atoms with E-state index in [0.717, 1.165) is 0 Å². The van der Waals surface area contributed by atoms with Crippen LogP contribution in [-0.2, 0) is 0 Å². The summed E-state index contributed by atoms with van der Waals surface area (Å²) in [5.74, 6) is 0.736. The molecule has 4 nitrogen and oxygen atoms in total. The van der Waals surface area contributed by atoms with E-state index in [0.29, 0.717) is 11.4 Å². The highest BCUT2D eigenvalue weighted by molar-refractivity contribution is 6.32. The SMILES string of the molecule is Cc1noc(-c2cccc(Cl)c2O)n1. The first-order valence-electron chi connectivity index (χ1n) is 3.96. The molecule has 0 aliphatic heterocycles. The van der Waals surface area contributed by atoms with Gasteiger partial charge < -0.3 is 9.63 Å². The van der Waals surface area contributed by atoms with Crippen molar-refractivity contribution in [3.63, 3.8) is 0 Å². The lowest BCUT2D eigenvalue weighted by Gasteiger charge is -1.99. The number of aromatic nitrogens is 2. The summed E-state index contributed by atoms with van der Waals surface area (Å²) >= 11 is 5.73. The lowest BCUT2D eigenvalue weighted by atomic mass is 10.2. The largest absolute Gasteiger partial charge is 0.506 e. The number of phenolic OH excluding ortho intramolecular Hbond substituents is 1. The van der Waals surface area contributed by atoms with Gasteiger partial charge in [0, 0.05) is 0 Å². The first-order chi connectivity index (χ1) is 6.68. The number of aromatic hydroxyl groups is 1. The number of benzene rings is 1. The van der Waals surface area contributed by atoms with E-state index in [4.69, 9.17) is 16.1 Å². The minimum atomic E-state index is -0.0437. The van der Waals surface area contributed by atoms with Gasteiger partial charge in [0.25, 0.3) is 5.89 Å². The van der Waals surface area contributed by atoms with E-state index in [-0.39, 0.29) is 16.7 Å². The normalized spacial score (nSPS) is 10.4. The fourth-order valence-electron chi connectivity index (χ4n) is 1.09. The van der Waals surface area contributed by atoms with E-state index in [9.17, 15) is 5.11 Å². The summed E-state index contributed by atoms with van der Waals surface area (Å²) in [7, 11) is 0. The van der Waals surface area contributed by atoms with Gasteiger partial charge in [0.2, 0.25) is 0 Å². The number of rotatable bonds is 1. The number of hydrogen-bond donors (Lipinski definition) is 1. The Kier molecular flexibility index (Phi) is 2.13. The number of halogens is 1. The topological polar surface area (TPSA) is 59.2 Å². The molecule has 1 aromatic carbocycles. The van der Waals surface area contributed by atoms with Crippen LogP contribution in [-0.4, -0.2) is 15.2 Å². The number of nitrogens with zero attached hydrogens (tertiary/aromatic N) is 2. The fourth-order valence-corrected chi connectivity index (χ4v) is 1.27. The zero-order valence-corrected chi connectivity index (χ0v) is 8.12. The van der Waals surface area contributed by atoms with Crippen LogP contribution < -0.4 is 0 Å². The highest BCUT2D eigenvalue weighted by Gasteiger charge is 2.12. The van der Waals surface area contributed by atoms with Gasteiger partial charge in [-0.25, -0.2) is 0 Å². The number of hydrogen-bond acceptors (Lipinski definition) is 4. The molecule has 1 N–H and O–H groups in total. The number of phenols is 1. The van der Waals surface area contributed by atoms with Gasteiger partial charge in [-0.1, -0.05) is 22.8 Å². The molecule has 0 atom stereocenters. The zero-order chi connectivity index (χ0) is 10.1. The molecule has 1 aromatic heterocycles. The van der Waals surface area contributed by atoms with Crippen molar-refractivity contribution in [2.24, 2.45) is 0 Å². The monoisotopic (exact) mass is 210 g/mol. The van der Waals surface area contributed by atoms with E-state index in [1.165, 1.54) is 0 Å². The lowest BCUT2D eigenvalue weighted by Crippen LogP contribution is -1.80. The molecule has 0 aliphatic rings. The molecule has 0 spiro atoms. The minimum Gasteiger partial charge on any atom is -0.506 e. The Hall–Kier alpha value is -1.55. The third kappa shape index (κ3) is 1.44. The standard InChI is InChI=1S/C9H7ClN2O2/c1-5-11-9(14-12-5)6-3-2-4-7(10)8(6)13/h2-4,13H,1H3. The zero-order valence-electron chi connectivity index (χ0n) is 7.36. The van der Waals surface area contributed by atoms with Crippen LogP contribution in [0.4, 0.5) is 0 Å². The van der Waals surface area contributed by atoms with Gasteiger partial charge in [-0.2, -0.15) is 4.98 Å². The minimum absolute atomic E-state index is 0.0437. The Balaban J connectivity index is 2.57. The molecule has 0 bridgehead atoms. The third-order valence-electron chi connectivity index (χ3n) is 1.74. The van der Waals surface area contributed by atoms with E-state index < -0.39 is 0 Å². The molecule has 2 rings (SSSR count). The highest BCUT2D eigenvalue weighted by Crippen LogP contribution is 2.33. The molecule has 0 saturated heterocycles. The van der Waals surface area contributed by atoms with Gasteiger partial charge in [0.1, 0.15) is 5.75 Å². The van der Waals surface area contributed by atoms with Crippen LogP contribution in [0.5, 0.6) is 5.75 Å². The second-order valence-electron chi connectivity index (χ2n) is 2.78. The molecule has 0 aliphatic carbocycles. The summed E-state index contributed by atoms with van der Waals surface area (Å²) in [5.41, 5.74) is 0.443. The predicted octanol–water partition coefficient (Wildman–Crippen LogP) is 2.40. The second kappa shape index (κ2) is 3.31. The molecule has 5 heteroatoms. The number of aryl methyl sites for hydroxylation is 1. The maximum Gasteiger partial charge on any atom is 0.261 e. The Morgan fingerprint density at radius 2 is 2.21 bits per heavy atom. The van der Waals surface area contributed by atoms with Gasteiger partial charge in [0.15, 0.2) is 5.82 Å². The van der Waals surface area contributed by atoms with E-state index >= 15 is 0 Å². The van der Waals surface area contributed by atoms with Crippen molar-refractivity contribution in [3.8, 4) is 17.2 Å². The van der Waals surface area contributed by atoms with E-state index in [2.05, 4.69) is 10.1 Å². The van der Waals surface area contributed by atoms with Crippen LogP contribution in [0.3, 0.4) is 0 Å². The Morgan fingerprint density at radius 3 is 2.86 bits per heavy atom. The summed E-state index contributed by atoms with van der Waals surface area (Å²) in [6, 6.07) is 4.95. The van der Waals surface area contributed by atoms with Crippen LogP contribution in [0.2, 0.25) is 5.02 Å². The maximum absolute atomic E-state index is 9.60. The molecule has 14 heavy (non-hydrogen) atoms. The highest BCUT2D eigenvalue weighted by atomic mass is 35.5. The van der Waals surface area contributed by atoms with Crippen molar-refractivity contribution >= 4 is 11.6 Å². The molecule has 2 aromatic rings. The third-order valence-corrected chi connectivity index (χ3v) is 2.05. The first kappa shape index (κ1) is 9.02. The summed E-state index contributed by atoms with van der Waals surface area (Å²) in [5, 5.41) is 13.5. The second-order valence-corrected chi connectivity index (χ2v) is 3.19. The summed E-state index contributed by atoms with van der Waals surface area (Å²) in [6.07, 6.45) is 0. The van der Waals surface area contributed by atoms with Crippen LogP contribution in [0.1, 0.15) is 5.82 Å². The molecule has 72 valence electrons. The van der Waals surface area contributed by atoms with Crippen molar-refractivity contribution in [1.82, 2.24) is 10.1 Å². The lowest BCUT2D eigenvalue weighted by molar-refractivity contribution is 0.420. The molecule has 0 fully saturated rings. The first-order valence-corrected chi connectivity index (χ1v) is 4.34. The summed E-state index contributed by atoms with van der Waals surface area (Å²) in [6.45, 7) is 1.70. The predicted molar refractivity (Wildman–Crippen MR) is 51.1 cm³/mol. The van der Waals surface area contributed by atoms with Gasteiger partial charge in [-0.3, -0.25) is 0 Å². The molecule has 0 unspecified atom stereocenters. The van der Waals surface area contributed by atoms with Crippen molar-refractivity contribution in [2.75, 3.05) is 0 Å². The molecular weight excluding hydrogens is 204 g/mol. The van der Waals surface area contributed by atoms with Crippen molar-refractivity contribution in [2.45, 2.75) is 6.92 Å². The Bertz CT molecular complexity index is 468. The van der Waals surface area contributed by atoms with Crippen LogP contribution in [0.25, 0.3) is 11.5 Å². The number of para-hydroxylation sites is 1. The average Bonchev–Trinajstić information content (AvgIpc) is 2.57. The van der Waals surface area contributed by atoms with Gasteiger partial charge in [-0.05, 0) is 19.1 Å². The van der Waals surface area contributed by atoms with Crippen LogP contribution in [0, 0.1) is 6.92 Å². The van der Waals surface area contributed by atoms with Crippen molar-refractivity contribution in [3.05, 3.63) is 29.0 Å². The molecular formula is C9H7ClN2O2.